The van der Waals surface area contributed by atoms with Crippen molar-refractivity contribution >= 4 is 11.9 Å². The molecule has 0 aliphatic heterocycles. The topological polar surface area (TPSA) is 74.6 Å². The standard InChI is InChI=1S/C29H25F4N3O4/c1-38-21-13-23(30)26(24(31)14-21)36-15-25(19-11-22(12-19)39-16-17-5-3-2-4-6-17)34-29(36)35-27(37)18-7-9-20(10-8-18)40-28(32)33/h2-10,13-15,19,22,28H,11-12,16H2,1H3,(H,34,35,37). The van der Waals surface area contributed by atoms with Gasteiger partial charge in [0.15, 0.2) is 11.6 Å². The van der Waals surface area contributed by atoms with Gasteiger partial charge < -0.3 is 14.2 Å². The third-order valence-electron chi connectivity index (χ3n) is 6.60. The van der Waals surface area contributed by atoms with Crippen LogP contribution in [0.1, 0.15) is 40.4 Å². The van der Waals surface area contributed by atoms with E-state index in [1.807, 2.05) is 30.3 Å². The Labute approximate surface area is 227 Å². The maximum atomic E-state index is 15.0. The molecule has 1 aromatic heterocycles. The van der Waals surface area contributed by atoms with E-state index in [9.17, 15) is 13.6 Å². The van der Waals surface area contributed by atoms with Gasteiger partial charge in [-0.3, -0.25) is 14.7 Å². The molecular formula is C29H25F4N3O4. The molecule has 1 saturated carbocycles. The summed E-state index contributed by atoms with van der Waals surface area (Å²) < 4.78 is 71.3. The maximum Gasteiger partial charge on any atom is 0.387 e. The second-order valence-electron chi connectivity index (χ2n) is 9.24. The Bertz CT molecular complexity index is 1450. The number of hydrogen-bond donors (Lipinski definition) is 1. The van der Waals surface area contributed by atoms with Crippen LogP contribution in [-0.4, -0.2) is 35.3 Å². The summed E-state index contributed by atoms with van der Waals surface area (Å²) in [7, 11) is 1.29. The highest BCUT2D eigenvalue weighted by Gasteiger charge is 2.34. The molecule has 7 nitrogen and oxygen atoms in total. The van der Waals surface area contributed by atoms with Crippen molar-refractivity contribution in [2.45, 2.75) is 38.1 Å². The van der Waals surface area contributed by atoms with Crippen molar-refractivity contribution < 1.29 is 36.6 Å². The number of alkyl halides is 2. The molecule has 1 amide bonds. The first-order valence-corrected chi connectivity index (χ1v) is 12.4. The van der Waals surface area contributed by atoms with E-state index in [0.29, 0.717) is 25.1 Å². The number of amides is 1. The summed E-state index contributed by atoms with van der Waals surface area (Å²) in [5.74, 6) is -2.77. The van der Waals surface area contributed by atoms with Gasteiger partial charge in [-0.05, 0) is 42.7 Å². The van der Waals surface area contributed by atoms with Gasteiger partial charge in [-0.1, -0.05) is 30.3 Å². The molecule has 0 radical (unpaired) electrons. The van der Waals surface area contributed by atoms with Crippen molar-refractivity contribution in [3.8, 4) is 17.2 Å². The van der Waals surface area contributed by atoms with Crippen LogP contribution in [0.4, 0.5) is 23.5 Å². The molecule has 11 heteroatoms. The highest BCUT2D eigenvalue weighted by molar-refractivity contribution is 6.03. The van der Waals surface area contributed by atoms with Crippen molar-refractivity contribution in [3.05, 3.63) is 101 Å². The minimum Gasteiger partial charge on any atom is -0.497 e. The number of methoxy groups -OCH3 is 1. The van der Waals surface area contributed by atoms with E-state index < -0.39 is 29.8 Å². The highest BCUT2D eigenvalue weighted by Crippen LogP contribution is 2.40. The van der Waals surface area contributed by atoms with Crippen LogP contribution in [0.3, 0.4) is 0 Å². The van der Waals surface area contributed by atoms with E-state index >= 15 is 8.78 Å². The lowest BCUT2D eigenvalue weighted by Crippen LogP contribution is -2.29. The van der Waals surface area contributed by atoms with E-state index in [4.69, 9.17) is 9.47 Å². The number of carbonyl (C=O) groups excluding carboxylic acids is 1. The number of aromatic nitrogens is 2. The predicted octanol–water partition coefficient (Wildman–Crippen LogP) is 6.48. The summed E-state index contributed by atoms with van der Waals surface area (Å²) >= 11 is 0. The van der Waals surface area contributed by atoms with Crippen molar-refractivity contribution in [1.82, 2.24) is 9.55 Å². The Morgan fingerprint density at radius 1 is 1.02 bits per heavy atom. The Hall–Kier alpha value is -4.38. The van der Waals surface area contributed by atoms with Gasteiger partial charge in [-0.15, -0.1) is 0 Å². The highest BCUT2D eigenvalue weighted by atomic mass is 19.3. The average Bonchev–Trinajstić information content (AvgIpc) is 3.30. The van der Waals surface area contributed by atoms with Gasteiger partial charge in [0.25, 0.3) is 5.91 Å². The molecule has 0 unspecified atom stereocenters. The lowest BCUT2D eigenvalue weighted by molar-refractivity contribution is -0.0498. The Kier molecular flexibility index (Phi) is 8.01. The summed E-state index contributed by atoms with van der Waals surface area (Å²) in [5, 5.41) is 2.58. The molecular weight excluding hydrogens is 530 g/mol. The molecule has 0 spiro atoms. The maximum absolute atomic E-state index is 15.0. The van der Waals surface area contributed by atoms with E-state index in [2.05, 4.69) is 15.0 Å². The van der Waals surface area contributed by atoms with Crippen molar-refractivity contribution in [2.75, 3.05) is 12.4 Å². The molecule has 5 rings (SSSR count). The third kappa shape index (κ3) is 6.09. The number of rotatable bonds is 10. The number of benzene rings is 3. The van der Waals surface area contributed by atoms with Crippen molar-refractivity contribution in [1.29, 1.82) is 0 Å². The number of carbonyl (C=O) groups is 1. The summed E-state index contributed by atoms with van der Waals surface area (Å²) in [4.78, 5) is 17.5. The fraction of sp³-hybridized carbons (Fsp3) is 0.241. The first-order valence-electron chi connectivity index (χ1n) is 12.4. The summed E-state index contributed by atoms with van der Waals surface area (Å²) in [6.45, 7) is -2.54. The van der Waals surface area contributed by atoms with E-state index in [1.54, 1.807) is 0 Å². The van der Waals surface area contributed by atoms with Crippen LogP contribution in [0.25, 0.3) is 5.69 Å². The number of imidazole rings is 1. The van der Waals surface area contributed by atoms with Gasteiger partial charge in [-0.25, -0.2) is 13.8 Å². The first-order chi connectivity index (χ1) is 19.3. The van der Waals surface area contributed by atoms with Crippen molar-refractivity contribution in [3.63, 3.8) is 0 Å². The molecule has 4 aromatic rings. The zero-order valence-corrected chi connectivity index (χ0v) is 21.3. The SMILES string of the molecule is COc1cc(F)c(-n2cc(C3CC(OCc4ccccc4)C3)nc2NC(=O)c2ccc(OC(F)F)cc2)c(F)c1. The second-order valence-corrected chi connectivity index (χ2v) is 9.24. The molecule has 3 aromatic carbocycles. The van der Waals surface area contributed by atoms with Crippen LogP contribution in [0.5, 0.6) is 11.5 Å². The van der Waals surface area contributed by atoms with Gasteiger partial charge >= 0.3 is 6.61 Å². The number of ether oxygens (including phenoxy) is 3. The van der Waals surface area contributed by atoms with Crippen LogP contribution in [-0.2, 0) is 11.3 Å². The summed E-state index contributed by atoms with van der Waals surface area (Å²) in [5.41, 5.74) is 1.25. The summed E-state index contributed by atoms with van der Waals surface area (Å²) in [6, 6.07) is 16.8. The number of halogens is 4. The quantitative estimate of drug-likeness (QED) is 0.227. The molecule has 40 heavy (non-hydrogen) atoms. The Balaban J connectivity index is 1.37. The van der Waals surface area contributed by atoms with Gasteiger partial charge in [0.05, 0.1) is 25.5 Å². The number of anilines is 1. The second kappa shape index (κ2) is 11.8. The minimum atomic E-state index is -3.00. The van der Waals surface area contributed by atoms with E-state index in [1.165, 1.54) is 37.6 Å². The van der Waals surface area contributed by atoms with E-state index in [-0.39, 0.29) is 35.0 Å². The van der Waals surface area contributed by atoms with Crippen LogP contribution in [0.15, 0.2) is 72.9 Å². The first kappa shape index (κ1) is 27.2. The molecule has 1 N–H and O–H groups in total. The van der Waals surface area contributed by atoms with Gasteiger partial charge in [0.1, 0.15) is 17.2 Å². The van der Waals surface area contributed by atoms with Crippen LogP contribution < -0.4 is 14.8 Å². The normalized spacial score (nSPS) is 16.4. The summed E-state index contributed by atoms with van der Waals surface area (Å²) in [6.07, 6.45) is 2.78. The number of hydrogen-bond acceptors (Lipinski definition) is 5. The molecule has 0 bridgehead atoms. The molecule has 1 fully saturated rings. The molecule has 208 valence electrons. The fourth-order valence-corrected chi connectivity index (χ4v) is 4.44. The lowest BCUT2D eigenvalue weighted by Gasteiger charge is -2.34. The zero-order valence-electron chi connectivity index (χ0n) is 21.3. The monoisotopic (exact) mass is 555 g/mol. The van der Waals surface area contributed by atoms with Gasteiger partial charge in [-0.2, -0.15) is 8.78 Å². The Morgan fingerprint density at radius 2 is 1.70 bits per heavy atom. The molecule has 0 atom stereocenters. The molecule has 1 aliphatic carbocycles. The zero-order chi connectivity index (χ0) is 28.2. The van der Waals surface area contributed by atoms with Gasteiger partial charge in [0.2, 0.25) is 5.95 Å². The average molecular weight is 556 g/mol. The van der Waals surface area contributed by atoms with Crippen LogP contribution >= 0.6 is 0 Å². The molecule has 1 aliphatic rings. The predicted molar refractivity (Wildman–Crippen MR) is 138 cm³/mol. The lowest BCUT2D eigenvalue weighted by atomic mass is 9.80. The van der Waals surface area contributed by atoms with Gasteiger partial charge in [0, 0.05) is 29.8 Å². The van der Waals surface area contributed by atoms with Crippen LogP contribution in [0, 0.1) is 11.6 Å². The number of nitrogens with zero attached hydrogens (tertiary/aromatic N) is 2. The smallest absolute Gasteiger partial charge is 0.387 e. The van der Waals surface area contributed by atoms with Crippen LogP contribution in [0.2, 0.25) is 0 Å². The third-order valence-corrected chi connectivity index (χ3v) is 6.60. The number of nitrogens with one attached hydrogen (secondary N) is 1. The Morgan fingerprint density at radius 3 is 2.33 bits per heavy atom. The van der Waals surface area contributed by atoms with E-state index in [0.717, 1.165) is 22.3 Å². The molecule has 0 saturated heterocycles. The minimum absolute atomic E-state index is 0.00294. The van der Waals surface area contributed by atoms with Crippen molar-refractivity contribution in [2.24, 2.45) is 0 Å². The fourth-order valence-electron chi connectivity index (χ4n) is 4.44. The molecule has 1 heterocycles. The largest absolute Gasteiger partial charge is 0.497 e.